The molecule has 2 aliphatic rings. The van der Waals surface area contributed by atoms with Gasteiger partial charge in [-0.25, -0.2) is 5.01 Å². The van der Waals surface area contributed by atoms with E-state index in [1.165, 1.54) is 12.8 Å². The molecule has 0 bridgehead atoms. The van der Waals surface area contributed by atoms with E-state index >= 15 is 0 Å². The van der Waals surface area contributed by atoms with Crippen LogP contribution in [0.3, 0.4) is 0 Å². The standard InChI is InChI=1S/C10H17N3O/c1-12(2)5-6-13-10(14)7-9(11-13)8-3-4-8/h8H,3-7H2,1-2H3. The number of likely N-dealkylation sites (N-methyl/N-ethyl adjacent to an activating group) is 1. The molecule has 1 aliphatic heterocycles. The zero-order valence-corrected chi connectivity index (χ0v) is 8.86. The van der Waals surface area contributed by atoms with Crippen LogP contribution in [-0.2, 0) is 4.79 Å². The number of hydrogen-bond donors (Lipinski definition) is 0. The first-order chi connectivity index (χ1) is 6.66. The van der Waals surface area contributed by atoms with Crippen molar-refractivity contribution in [3.8, 4) is 0 Å². The van der Waals surface area contributed by atoms with E-state index in [-0.39, 0.29) is 5.91 Å². The van der Waals surface area contributed by atoms with Crippen molar-refractivity contribution in [2.24, 2.45) is 11.0 Å². The highest BCUT2D eigenvalue weighted by Crippen LogP contribution is 2.34. The van der Waals surface area contributed by atoms with Crippen molar-refractivity contribution in [1.29, 1.82) is 0 Å². The summed E-state index contributed by atoms with van der Waals surface area (Å²) in [6.45, 7) is 1.61. The van der Waals surface area contributed by atoms with Crippen LogP contribution in [0.2, 0.25) is 0 Å². The summed E-state index contributed by atoms with van der Waals surface area (Å²) in [5, 5.41) is 6.01. The van der Waals surface area contributed by atoms with Crippen molar-refractivity contribution in [3.63, 3.8) is 0 Å². The first kappa shape index (κ1) is 9.65. The molecule has 0 atom stereocenters. The Morgan fingerprint density at radius 1 is 1.50 bits per heavy atom. The summed E-state index contributed by atoms with van der Waals surface area (Å²) < 4.78 is 0. The Labute approximate surface area is 84.6 Å². The van der Waals surface area contributed by atoms with E-state index in [4.69, 9.17) is 0 Å². The van der Waals surface area contributed by atoms with Gasteiger partial charge in [0.2, 0.25) is 5.91 Å². The fourth-order valence-corrected chi connectivity index (χ4v) is 1.60. The summed E-state index contributed by atoms with van der Waals surface area (Å²) >= 11 is 0. The van der Waals surface area contributed by atoms with Gasteiger partial charge in [0.25, 0.3) is 0 Å². The van der Waals surface area contributed by atoms with Gasteiger partial charge in [-0.2, -0.15) is 5.10 Å². The third kappa shape index (κ3) is 2.12. The van der Waals surface area contributed by atoms with Crippen molar-refractivity contribution >= 4 is 11.6 Å². The highest BCUT2D eigenvalue weighted by Gasteiger charge is 2.34. The van der Waals surface area contributed by atoms with Crippen LogP contribution in [-0.4, -0.2) is 48.7 Å². The lowest BCUT2D eigenvalue weighted by molar-refractivity contribution is -0.128. The van der Waals surface area contributed by atoms with E-state index in [0.717, 1.165) is 18.8 Å². The molecule has 1 aliphatic carbocycles. The molecule has 0 radical (unpaired) electrons. The Morgan fingerprint density at radius 3 is 2.79 bits per heavy atom. The zero-order chi connectivity index (χ0) is 10.1. The van der Waals surface area contributed by atoms with Crippen LogP contribution in [0.1, 0.15) is 19.3 Å². The highest BCUT2D eigenvalue weighted by molar-refractivity contribution is 6.06. The van der Waals surface area contributed by atoms with Crippen molar-refractivity contribution in [3.05, 3.63) is 0 Å². The fourth-order valence-electron chi connectivity index (χ4n) is 1.60. The molecule has 0 spiro atoms. The SMILES string of the molecule is CN(C)CCN1N=C(C2CC2)CC1=O. The number of nitrogens with zero attached hydrogens (tertiary/aromatic N) is 3. The molecular weight excluding hydrogens is 178 g/mol. The molecule has 0 aromatic carbocycles. The Morgan fingerprint density at radius 2 is 2.21 bits per heavy atom. The van der Waals surface area contributed by atoms with Crippen LogP contribution in [0.15, 0.2) is 5.10 Å². The molecular formula is C10H17N3O. The smallest absolute Gasteiger partial charge is 0.248 e. The molecule has 14 heavy (non-hydrogen) atoms. The Balaban J connectivity index is 1.88. The van der Waals surface area contributed by atoms with Gasteiger partial charge in [0.05, 0.1) is 18.7 Å². The van der Waals surface area contributed by atoms with Crippen molar-refractivity contribution in [2.45, 2.75) is 19.3 Å². The van der Waals surface area contributed by atoms with Crippen LogP contribution in [0.4, 0.5) is 0 Å². The van der Waals surface area contributed by atoms with Crippen molar-refractivity contribution < 1.29 is 4.79 Å². The van der Waals surface area contributed by atoms with Gasteiger partial charge in [0.1, 0.15) is 0 Å². The largest absolute Gasteiger partial charge is 0.308 e. The van der Waals surface area contributed by atoms with Crippen LogP contribution in [0.5, 0.6) is 0 Å². The molecule has 4 heteroatoms. The third-order valence-corrected chi connectivity index (χ3v) is 2.68. The van der Waals surface area contributed by atoms with E-state index in [1.54, 1.807) is 5.01 Å². The maximum atomic E-state index is 11.5. The maximum Gasteiger partial charge on any atom is 0.248 e. The molecule has 1 heterocycles. The van der Waals surface area contributed by atoms with Gasteiger partial charge in [-0.05, 0) is 32.9 Å². The summed E-state index contributed by atoms with van der Waals surface area (Å²) in [6.07, 6.45) is 3.03. The van der Waals surface area contributed by atoms with E-state index in [9.17, 15) is 4.79 Å². The quantitative estimate of drug-likeness (QED) is 0.656. The average molecular weight is 195 g/mol. The zero-order valence-electron chi connectivity index (χ0n) is 8.86. The lowest BCUT2D eigenvalue weighted by Gasteiger charge is -2.15. The first-order valence-corrected chi connectivity index (χ1v) is 5.19. The Kier molecular flexibility index (Phi) is 2.54. The Bertz CT molecular complexity index is 269. The Hall–Kier alpha value is -0.900. The topological polar surface area (TPSA) is 35.9 Å². The minimum absolute atomic E-state index is 0.175. The van der Waals surface area contributed by atoms with Gasteiger partial charge < -0.3 is 4.90 Å². The average Bonchev–Trinajstić information content (AvgIpc) is 2.88. The van der Waals surface area contributed by atoms with E-state index in [2.05, 4.69) is 10.0 Å². The van der Waals surface area contributed by atoms with Gasteiger partial charge in [-0.1, -0.05) is 0 Å². The van der Waals surface area contributed by atoms with Crippen LogP contribution < -0.4 is 0 Å². The van der Waals surface area contributed by atoms with Gasteiger partial charge in [0, 0.05) is 6.54 Å². The van der Waals surface area contributed by atoms with E-state index in [0.29, 0.717) is 12.3 Å². The lowest BCUT2D eigenvalue weighted by Crippen LogP contribution is -2.29. The minimum Gasteiger partial charge on any atom is -0.308 e. The molecule has 1 amide bonds. The molecule has 0 unspecified atom stereocenters. The second kappa shape index (κ2) is 3.69. The molecule has 0 saturated heterocycles. The summed E-state index contributed by atoms with van der Waals surface area (Å²) in [5.74, 6) is 0.803. The van der Waals surface area contributed by atoms with E-state index < -0.39 is 0 Å². The van der Waals surface area contributed by atoms with E-state index in [1.807, 2.05) is 14.1 Å². The van der Waals surface area contributed by atoms with Crippen LogP contribution in [0, 0.1) is 5.92 Å². The monoisotopic (exact) mass is 195 g/mol. The summed E-state index contributed by atoms with van der Waals surface area (Å²) in [6, 6.07) is 0. The number of hydrazone groups is 1. The molecule has 78 valence electrons. The second-order valence-electron chi connectivity index (χ2n) is 4.36. The molecule has 4 nitrogen and oxygen atoms in total. The number of hydrogen-bond acceptors (Lipinski definition) is 3. The van der Waals surface area contributed by atoms with Crippen molar-refractivity contribution in [2.75, 3.05) is 27.2 Å². The molecule has 0 N–H and O–H groups in total. The maximum absolute atomic E-state index is 11.5. The van der Waals surface area contributed by atoms with Gasteiger partial charge >= 0.3 is 0 Å². The number of carbonyl (C=O) groups is 1. The molecule has 0 aromatic heterocycles. The van der Waals surface area contributed by atoms with Gasteiger partial charge in [-0.3, -0.25) is 4.79 Å². The summed E-state index contributed by atoms with van der Waals surface area (Å²) in [4.78, 5) is 13.6. The van der Waals surface area contributed by atoms with Gasteiger partial charge in [-0.15, -0.1) is 0 Å². The number of rotatable bonds is 4. The number of carbonyl (C=O) groups excluding carboxylic acids is 1. The van der Waals surface area contributed by atoms with Crippen LogP contribution >= 0.6 is 0 Å². The first-order valence-electron chi connectivity index (χ1n) is 5.19. The second-order valence-corrected chi connectivity index (χ2v) is 4.36. The fraction of sp³-hybridized carbons (Fsp3) is 0.800. The molecule has 1 saturated carbocycles. The molecule has 2 rings (SSSR count). The summed E-state index contributed by atoms with van der Waals surface area (Å²) in [7, 11) is 4.01. The summed E-state index contributed by atoms with van der Waals surface area (Å²) in [5.41, 5.74) is 1.12. The third-order valence-electron chi connectivity index (χ3n) is 2.68. The van der Waals surface area contributed by atoms with Crippen LogP contribution in [0.25, 0.3) is 0 Å². The predicted molar refractivity (Wildman–Crippen MR) is 55.0 cm³/mol. The predicted octanol–water partition coefficient (Wildman–Crippen LogP) is 0.546. The van der Waals surface area contributed by atoms with Crippen molar-refractivity contribution in [1.82, 2.24) is 9.91 Å². The minimum atomic E-state index is 0.175. The molecule has 0 aromatic rings. The highest BCUT2D eigenvalue weighted by atomic mass is 16.2. The van der Waals surface area contributed by atoms with Gasteiger partial charge in [0.15, 0.2) is 0 Å². The number of amides is 1. The lowest BCUT2D eigenvalue weighted by atomic mass is 10.2. The normalized spacial score (nSPS) is 22.1. The molecule has 1 fully saturated rings.